The lowest BCUT2D eigenvalue weighted by Crippen LogP contribution is -2.10. The second-order valence-corrected chi connectivity index (χ2v) is 4.27. The zero-order chi connectivity index (χ0) is 12.4. The fourth-order valence-corrected chi connectivity index (χ4v) is 1.17. The number of hydrogen-bond acceptors (Lipinski definition) is 3. The van der Waals surface area contributed by atoms with Crippen LogP contribution in [0.1, 0.15) is 5.56 Å². The first-order valence-electron chi connectivity index (χ1n) is 3.94. The van der Waals surface area contributed by atoms with E-state index >= 15 is 0 Å². The molecule has 16 heavy (non-hydrogen) atoms. The van der Waals surface area contributed by atoms with Crippen LogP contribution in [0, 0.1) is 0 Å². The summed E-state index contributed by atoms with van der Waals surface area (Å²) in [5.74, 6) is -1.08. The maximum Gasteiger partial charge on any atom is 0.416 e. The predicted molar refractivity (Wildman–Crippen MR) is 48.5 cm³/mol. The summed E-state index contributed by atoms with van der Waals surface area (Å²) in [6.07, 6.45) is -4.46. The van der Waals surface area contributed by atoms with Gasteiger partial charge in [-0.2, -0.15) is 21.6 Å². The molecule has 8 heteroatoms. The molecule has 0 aliphatic heterocycles. The van der Waals surface area contributed by atoms with Crippen LogP contribution in [0.5, 0.6) is 5.75 Å². The topological polar surface area (TPSA) is 63.6 Å². The standard InChI is InChI=1S/C8H7F3O4S/c9-8(10,11)6-1-3-7(4-2-6)15-5-16(12,13)14/h1-4H,5H2,(H,12,13,14). The van der Waals surface area contributed by atoms with E-state index in [1.165, 1.54) is 0 Å². The average molecular weight is 256 g/mol. The molecule has 0 saturated heterocycles. The van der Waals surface area contributed by atoms with Gasteiger partial charge in [0, 0.05) is 0 Å². The van der Waals surface area contributed by atoms with Crippen molar-refractivity contribution in [1.29, 1.82) is 0 Å². The number of rotatable bonds is 3. The van der Waals surface area contributed by atoms with Gasteiger partial charge in [0.1, 0.15) is 5.75 Å². The van der Waals surface area contributed by atoms with Crippen molar-refractivity contribution in [3.05, 3.63) is 29.8 Å². The third kappa shape index (κ3) is 4.07. The van der Waals surface area contributed by atoms with Crippen LogP contribution in [0.2, 0.25) is 0 Å². The first kappa shape index (κ1) is 12.8. The zero-order valence-electron chi connectivity index (χ0n) is 7.73. The molecule has 1 rings (SSSR count). The van der Waals surface area contributed by atoms with E-state index in [1.54, 1.807) is 0 Å². The van der Waals surface area contributed by atoms with E-state index in [9.17, 15) is 21.6 Å². The summed E-state index contributed by atoms with van der Waals surface area (Å²) in [4.78, 5) is 0. The monoisotopic (exact) mass is 256 g/mol. The van der Waals surface area contributed by atoms with E-state index in [0.717, 1.165) is 24.3 Å². The molecule has 0 aliphatic carbocycles. The molecule has 0 aliphatic rings. The Morgan fingerprint density at radius 1 is 1.19 bits per heavy atom. The minimum atomic E-state index is -4.46. The summed E-state index contributed by atoms with van der Waals surface area (Å²) in [5.41, 5.74) is -0.869. The van der Waals surface area contributed by atoms with Crippen molar-refractivity contribution in [2.45, 2.75) is 6.18 Å². The lowest BCUT2D eigenvalue weighted by Gasteiger charge is -2.08. The highest BCUT2D eigenvalue weighted by Gasteiger charge is 2.30. The van der Waals surface area contributed by atoms with Gasteiger partial charge in [-0.05, 0) is 24.3 Å². The number of benzene rings is 1. The molecular formula is C8H7F3O4S. The second-order valence-electron chi connectivity index (χ2n) is 2.87. The normalized spacial score (nSPS) is 12.5. The fraction of sp³-hybridized carbons (Fsp3) is 0.250. The lowest BCUT2D eigenvalue weighted by atomic mass is 10.2. The van der Waals surface area contributed by atoms with Gasteiger partial charge in [-0.25, -0.2) is 0 Å². The summed E-state index contributed by atoms with van der Waals surface area (Å²) < 4.78 is 69.8. The van der Waals surface area contributed by atoms with E-state index in [1.807, 2.05) is 0 Å². The summed E-state index contributed by atoms with van der Waals surface area (Å²) in [6, 6.07) is 3.43. The fourth-order valence-electron chi connectivity index (χ4n) is 0.883. The van der Waals surface area contributed by atoms with E-state index in [0.29, 0.717) is 0 Å². The SMILES string of the molecule is O=S(=O)(O)COc1ccc(C(F)(F)F)cc1. The van der Waals surface area contributed by atoms with Crippen LogP contribution in [-0.4, -0.2) is 18.9 Å². The molecule has 0 fully saturated rings. The van der Waals surface area contributed by atoms with Gasteiger partial charge in [-0.3, -0.25) is 4.55 Å². The van der Waals surface area contributed by atoms with E-state index < -0.39 is 27.8 Å². The molecule has 0 unspecified atom stereocenters. The molecule has 90 valence electrons. The van der Waals surface area contributed by atoms with Crippen LogP contribution in [0.3, 0.4) is 0 Å². The Hall–Kier alpha value is -1.28. The van der Waals surface area contributed by atoms with Gasteiger partial charge in [0.25, 0.3) is 0 Å². The maximum atomic E-state index is 12.1. The summed E-state index contributed by atoms with van der Waals surface area (Å²) in [7, 11) is -4.31. The van der Waals surface area contributed by atoms with Crippen LogP contribution >= 0.6 is 0 Å². The lowest BCUT2D eigenvalue weighted by molar-refractivity contribution is -0.137. The van der Waals surface area contributed by atoms with Gasteiger partial charge in [0.05, 0.1) is 5.56 Å². The molecule has 1 aromatic carbocycles. The molecule has 0 radical (unpaired) electrons. The Kier molecular flexibility index (Phi) is 3.44. The van der Waals surface area contributed by atoms with E-state index in [2.05, 4.69) is 4.74 Å². The van der Waals surface area contributed by atoms with E-state index in [4.69, 9.17) is 4.55 Å². The molecule has 0 saturated carbocycles. The number of alkyl halides is 3. The second kappa shape index (κ2) is 4.30. The highest BCUT2D eigenvalue weighted by molar-refractivity contribution is 7.85. The summed E-state index contributed by atoms with van der Waals surface area (Å²) in [5, 5.41) is 0. The predicted octanol–water partition coefficient (Wildman–Crippen LogP) is 1.93. The van der Waals surface area contributed by atoms with Crippen LogP contribution in [0.25, 0.3) is 0 Å². The minimum absolute atomic E-state index is 0.0781. The first-order valence-corrected chi connectivity index (χ1v) is 5.54. The number of ether oxygens (including phenoxy) is 1. The molecule has 0 bridgehead atoms. The Morgan fingerprint density at radius 3 is 2.06 bits per heavy atom. The van der Waals surface area contributed by atoms with Crippen molar-refractivity contribution in [2.24, 2.45) is 0 Å². The Labute approximate surface area is 89.4 Å². The van der Waals surface area contributed by atoms with Crippen molar-refractivity contribution in [1.82, 2.24) is 0 Å². The Morgan fingerprint density at radius 2 is 1.69 bits per heavy atom. The van der Waals surface area contributed by atoms with Crippen LogP contribution < -0.4 is 4.74 Å². The molecule has 0 atom stereocenters. The Balaban J connectivity index is 2.73. The van der Waals surface area contributed by atoms with Gasteiger partial charge < -0.3 is 4.74 Å². The van der Waals surface area contributed by atoms with Crippen molar-refractivity contribution in [2.75, 3.05) is 5.94 Å². The van der Waals surface area contributed by atoms with Gasteiger partial charge in [-0.1, -0.05) is 0 Å². The van der Waals surface area contributed by atoms with Crippen molar-refractivity contribution in [3.63, 3.8) is 0 Å². The van der Waals surface area contributed by atoms with E-state index in [-0.39, 0.29) is 5.75 Å². The highest BCUT2D eigenvalue weighted by atomic mass is 32.2. The van der Waals surface area contributed by atoms with Gasteiger partial charge in [0.2, 0.25) is 5.94 Å². The third-order valence-corrected chi connectivity index (χ3v) is 1.97. The molecule has 1 N–H and O–H groups in total. The zero-order valence-corrected chi connectivity index (χ0v) is 8.55. The maximum absolute atomic E-state index is 12.1. The molecule has 0 aromatic heterocycles. The largest absolute Gasteiger partial charge is 0.475 e. The molecule has 0 heterocycles. The average Bonchev–Trinajstić information content (AvgIpc) is 2.13. The Bertz CT molecular complexity index is 449. The van der Waals surface area contributed by atoms with Gasteiger partial charge in [-0.15, -0.1) is 0 Å². The van der Waals surface area contributed by atoms with Crippen molar-refractivity contribution in [3.8, 4) is 5.75 Å². The quantitative estimate of drug-likeness (QED) is 0.839. The van der Waals surface area contributed by atoms with Gasteiger partial charge in [0.15, 0.2) is 0 Å². The van der Waals surface area contributed by atoms with Gasteiger partial charge >= 0.3 is 16.3 Å². The highest BCUT2D eigenvalue weighted by Crippen LogP contribution is 2.30. The number of hydrogen-bond donors (Lipinski definition) is 1. The smallest absolute Gasteiger partial charge is 0.416 e. The van der Waals surface area contributed by atoms with Crippen molar-refractivity contribution >= 4 is 10.1 Å². The molecule has 4 nitrogen and oxygen atoms in total. The molecule has 0 spiro atoms. The van der Waals surface area contributed by atoms with Crippen LogP contribution in [0.4, 0.5) is 13.2 Å². The summed E-state index contributed by atoms with van der Waals surface area (Å²) in [6.45, 7) is 0. The molecular weight excluding hydrogens is 249 g/mol. The third-order valence-electron chi connectivity index (χ3n) is 1.56. The van der Waals surface area contributed by atoms with Crippen molar-refractivity contribution < 1.29 is 30.9 Å². The van der Waals surface area contributed by atoms with Crippen LogP contribution in [0.15, 0.2) is 24.3 Å². The first-order chi connectivity index (χ1) is 7.18. The minimum Gasteiger partial charge on any atom is -0.475 e. The summed E-state index contributed by atoms with van der Waals surface area (Å²) >= 11 is 0. The molecule has 1 aromatic rings. The van der Waals surface area contributed by atoms with Crippen LogP contribution in [-0.2, 0) is 16.3 Å². The number of halogens is 3. The molecule has 0 amide bonds.